The Morgan fingerprint density at radius 1 is 0.943 bits per heavy atom. The molecular weight excluding hydrogens is 442 g/mol. The number of nitrogens with zero attached hydrogens (tertiary/aromatic N) is 1. The first-order valence-electron chi connectivity index (χ1n) is 11.8. The smallest absolute Gasteiger partial charge is 0.348 e. The number of carbonyl (C=O) groups is 1. The van der Waals surface area contributed by atoms with Crippen molar-refractivity contribution in [2.45, 2.75) is 38.2 Å². The monoisotopic (exact) mass is 469 g/mol. The van der Waals surface area contributed by atoms with Gasteiger partial charge in [0.25, 0.3) is 0 Å². The summed E-state index contributed by atoms with van der Waals surface area (Å²) in [6.07, 6.45) is 2.60. The summed E-state index contributed by atoms with van der Waals surface area (Å²) in [4.78, 5) is 16.2. The van der Waals surface area contributed by atoms with Gasteiger partial charge in [0, 0.05) is 12.0 Å². The fourth-order valence-corrected chi connectivity index (χ4v) is 4.20. The van der Waals surface area contributed by atoms with Crippen molar-refractivity contribution >= 4 is 5.97 Å². The van der Waals surface area contributed by atoms with Crippen LogP contribution in [-0.4, -0.2) is 28.3 Å². The highest BCUT2D eigenvalue weighted by Crippen LogP contribution is 2.38. The molecule has 3 aromatic carbocycles. The van der Waals surface area contributed by atoms with Gasteiger partial charge in [0.2, 0.25) is 11.5 Å². The van der Waals surface area contributed by atoms with Crippen LogP contribution in [-0.2, 0) is 11.2 Å². The summed E-state index contributed by atoms with van der Waals surface area (Å²) >= 11 is 0. The SMILES string of the molecule is Cc1oc(-c2ccccc2)nc1CCOc1ccc(-c2cccc(OC3(C(=O)O)CCC3)c2)cc1. The third-order valence-electron chi connectivity index (χ3n) is 6.41. The van der Waals surface area contributed by atoms with E-state index in [1.807, 2.05) is 79.7 Å². The van der Waals surface area contributed by atoms with E-state index in [0.717, 1.165) is 40.3 Å². The Morgan fingerprint density at radius 2 is 1.69 bits per heavy atom. The molecule has 0 unspecified atom stereocenters. The maximum atomic E-state index is 11.6. The second-order valence-corrected chi connectivity index (χ2v) is 8.79. The number of benzene rings is 3. The van der Waals surface area contributed by atoms with Crippen LogP contribution in [0.5, 0.6) is 11.5 Å². The first kappa shape index (κ1) is 22.7. The van der Waals surface area contributed by atoms with Gasteiger partial charge in [0.15, 0.2) is 0 Å². The molecular formula is C29H27NO5. The van der Waals surface area contributed by atoms with Crippen molar-refractivity contribution in [1.82, 2.24) is 4.98 Å². The van der Waals surface area contributed by atoms with E-state index in [1.54, 1.807) is 6.07 Å². The molecule has 1 saturated carbocycles. The number of hydrogen-bond acceptors (Lipinski definition) is 5. The Kier molecular flexibility index (Phi) is 6.27. The van der Waals surface area contributed by atoms with Crippen LogP contribution in [0.4, 0.5) is 0 Å². The van der Waals surface area contributed by atoms with Crippen molar-refractivity contribution < 1.29 is 23.8 Å². The highest BCUT2D eigenvalue weighted by Gasteiger charge is 2.47. The van der Waals surface area contributed by atoms with Crippen molar-refractivity contribution in [3.8, 4) is 34.1 Å². The van der Waals surface area contributed by atoms with Gasteiger partial charge >= 0.3 is 5.97 Å². The van der Waals surface area contributed by atoms with Gasteiger partial charge in [-0.3, -0.25) is 0 Å². The molecule has 0 amide bonds. The van der Waals surface area contributed by atoms with Crippen molar-refractivity contribution in [1.29, 1.82) is 0 Å². The number of aliphatic carboxylic acids is 1. The lowest BCUT2D eigenvalue weighted by atomic mass is 9.80. The van der Waals surface area contributed by atoms with Gasteiger partial charge < -0.3 is 19.0 Å². The number of ether oxygens (including phenoxy) is 2. The normalized spacial score (nSPS) is 14.2. The van der Waals surface area contributed by atoms with E-state index in [4.69, 9.17) is 13.9 Å². The van der Waals surface area contributed by atoms with Crippen LogP contribution in [0, 0.1) is 6.92 Å². The largest absolute Gasteiger partial charge is 0.493 e. The van der Waals surface area contributed by atoms with Crippen LogP contribution >= 0.6 is 0 Å². The van der Waals surface area contributed by atoms with Gasteiger partial charge in [-0.25, -0.2) is 9.78 Å². The van der Waals surface area contributed by atoms with Crippen LogP contribution in [0.25, 0.3) is 22.6 Å². The molecule has 1 heterocycles. The van der Waals surface area contributed by atoms with Gasteiger partial charge in [-0.05, 0) is 73.7 Å². The summed E-state index contributed by atoms with van der Waals surface area (Å²) in [5.74, 6) is 1.87. The molecule has 1 N–H and O–H groups in total. The second-order valence-electron chi connectivity index (χ2n) is 8.79. The zero-order chi connectivity index (χ0) is 24.3. The van der Waals surface area contributed by atoms with E-state index < -0.39 is 11.6 Å². The second kappa shape index (κ2) is 9.66. The molecule has 178 valence electrons. The summed E-state index contributed by atoms with van der Waals surface area (Å²) in [5.41, 5.74) is 2.73. The minimum atomic E-state index is -1.08. The zero-order valence-corrected chi connectivity index (χ0v) is 19.6. The predicted octanol–water partition coefficient (Wildman–Crippen LogP) is 6.32. The lowest BCUT2D eigenvalue weighted by Crippen LogP contribution is -2.50. The first-order valence-corrected chi connectivity index (χ1v) is 11.8. The molecule has 5 rings (SSSR count). The average Bonchev–Trinajstić information content (AvgIpc) is 3.23. The Hall–Kier alpha value is -4.06. The Balaban J connectivity index is 1.20. The molecule has 6 heteroatoms. The molecule has 1 aliphatic carbocycles. The van der Waals surface area contributed by atoms with Gasteiger partial charge in [0.1, 0.15) is 17.3 Å². The van der Waals surface area contributed by atoms with Gasteiger partial charge in [0.05, 0.1) is 12.3 Å². The number of carboxylic acid groups (broad SMARTS) is 1. The molecule has 0 atom stereocenters. The number of rotatable bonds is 9. The van der Waals surface area contributed by atoms with Gasteiger partial charge in [-0.15, -0.1) is 0 Å². The van der Waals surface area contributed by atoms with Crippen molar-refractivity contribution in [2.24, 2.45) is 0 Å². The number of hydrogen-bond donors (Lipinski definition) is 1. The number of aromatic nitrogens is 1. The van der Waals surface area contributed by atoms with Crippen LogP contribution in [0.1, 0.15) is 30.7 Å². The molecule has 0 bridgehead atoms. The van der Waals surface area contributed by atoms with E-state index in [2.05, 4.69) is 4.98 Å². The van der Waals surface area contributed by atoms with Crippen molar-refractivity contribution in [3.05, 3.63) is 90.3 Å². The third-order valence-corrected chi connectivity index (χ3v) is 6.41. The Bertz CT molecular complexity index is 1310. The maximum absolute atomic E-state index is 11.6. The predicted molar refractivity (Wildman–Crippen MR) is 133 cm³/mol. The zero-order valence-electron chi connectivity index (χ0n) is 19.6. The Labute approximate surface area is 204 Å². The third kappa shape index (κ3) is 4.92. The van der Waals surface area contributed by atoms with Crippen LogP contribution in [0.3, 0.4) is 0 Å². The summed E-state index contributed by atoms with van der Waals surface area (Å²) in [6, 6.07) is 25.2. The number of oxazole rings is 1. The molecule has 1 aromatic heterocycles. The number of carboxylic acids is 1. The number of aryl methyl sites for hydroxylation is 1. The van der Waals surface area contributed by atoms with E-state index in [0.29, 0.717) is 37.5 Å². The highest BCUT2D eigenvalue weighted by molar-refractivity contribution is 5.79. The lowest BCUT2D eigenvalue weighted by molar-refractivity contribution is -0.163. The van der Waals surface area contributed by atoms with Gasteiger partial charge in [-0.1, -0.05) is 42.5 Å². The van der Waals surface area contributed by atoms with Gasteiger partial charge in [-0.2, -0.15) is 0 Å². The lowest BCUT2D eigenvalue weighted by Gasteiger charge is -2.37. The molecule has 0 spiro atoms. The summed E-state index contributed by atoms with van der Waals surface area (Å²) in [5, 5.41) is 9.53. The minimum Gasteiger partial charge on any atom is -0.493 e. The molecule has 6 nitrogen and oxygen atoms in total. The molecule has 0 aliphatic heterocycles. The fourth-order valence-electron chi connectivity index (χ4n) is 4.20. The molecule has 0 saturated heterocycles. The summed E-state index contributed by atoms with van der Waals surface area (Å²) < 4.78 is 17.6. The first-order chi connectivity index (χ1) is 17.0. The van der Waals surface area contributed by atoms with Crippen LogP contribution in [0.15, 0.2) is 83.3 Å². The van der Waals surface area contributed by atoms with E-state index in [-0.39, 0.29) is 0 Å². The van der Waals surface area contributed by atoms with Crippen LogP contribution in [0.2, 0.25) is 0 Å². The van der Waals surface area contributed by atoms with Crippen molar-refractivity contribution in [3.63, 3.8) is 0 Å². The maximum Gasteiger partial charge on any atom is 0.348 e. The van der Waals surface area contributed by atoms with Crippen molar-refractivity contribution in [2.75, 3.05) is 6.61 Å². The standard InChI is InChI=1S/C29H27NO5/c1-20-26(30-27(34-20)22-7-3-2-4-8-22)15-18-33-24-13-11-21(12-14-24)23-9-5-10-25(19-23)35-29(28(31)32)16-6-17-29/h2-5,7-14,19H,6,15-18H2,1H3,(H,31,32). The highest BCUT2D eigenvalue weighted by atomic mass is 16.5. The molecule has 1 fully saturated rings. The Morgan fingerprint density at radius 3 is 2.37 bits per heavy atom. The topological polar surface area (TPSA) is 81.8 Å². The molecule has 1 aliphatic rings. The summed E-state index contributed by atoms with van der Waals surface area (Å²) in [6.45, 7) is 2.41. The molecule has 0 radical (unpaired) electrons. The van der Waals surface area contributed by atoms with E-state index in [9.17, 15) is 9.90 Å². The average molecular weight is 470 g/mol. The van der Waals surface area contributed by atoms with Crippen LogP contribution < -0.4 is 9.47 Å². The summed E-state index contributed by atoms with van der Waals surface area (Å²) in [7, 11) is 0. The minimum absolute atomic E-state index is 0.488. The molecule has 4 aromatic rings. The molecule has 35 heavy (non-hydrogen) atoms. The van der Waals surface area contributed by atoms with E-state index in [1.165, 1.54) is 0 Å². The van der Waals surface area contributed by atoms with E-state index >= 15 is 0 Å². The fraction of sp³-hybridized carbons (Fsp3) is 0.241. The quantitative estimate of drug-likeness (QED) is 0.309.